The van der Waals surface area contributed by atoms with Gasteiger partial charge in [-0.05, 0) is 11.4 Å². The van der Waals surface area contributed by atoms with E-state index in [1.165, 1.54) is 11.3 Å². The normalized spacial score (nSPS) is 18.3. The molecule has 1 amide bonds. The van der Waals surface area contributed by atoms with Crippen molar-refractivity contribution in [1.82, 2.24) is 15.1 Å². The molecule has 1 unspecified atom stereocenters. The molecule has 1 aliphatic rings. The minimum Gasteiger partial charge on any atom is -0.423 e. The Bertz CT molecular complexity index is 697. The summed E-state index contributed by atoms with van der Waals surface area (Å²) < 4.78 is 16.5. The third-order valence-electron chi connectivity index (χ3n) is 3.87. The van der Waals surface area contributed by atoms with Crippen molar-refractivity contribution >= 4 is 17.2 Å². The average Bonchev–Trinajstić information content (AvgIpc) is 3.24. The van der Waals surface area contributed by atoms with Crippen LogP contribution in [-0.2, 0) is 16.1 Å². The average molecular weight is 351 g/mol. The number of aromatic nitrogens is 2. The Balaban J connectivity index is 1.85. The highest BCUT2D eigenvalue weighted by molar-refractivity contribution is 7.12. The molecule has 1 fully saturated rings. The number of thiophene rings is 1. The lowest BCUT2D eigenvalue weighted by Crippen LogP contribution is -2.43. The highest BCUT2D eigenvalue weighted by Gasteiger charge is 2.34. The van der Waals surface area contributed by atoms with Crippen molar-refractivity contribution < 1.29 is 18.7 Å². The Kier molecular flexibility index (Phi) is 5.27. The molecule has 0 bridgehead atoms. The largest absolute Gasteiger partial charge is 0.423 e. The fourth-order valence-electron chi connectivity index (χ4n) is 2.59. The Morgan fingerprint density at radius 2 is 2.33 bits per heavy atom. The highest BCUT2D eigenvalue weighted by Crippen LogP contribution is 2.29. The summed E-state index contributed by atoms with van der Waals surface area (Å²) in [5, 5.41) is 10.1. The van der Waals surface area contributed by atoms with E-state index in [1.54, 1.807) is 12.0 Å². The molecule has 2 aromatic rings. The maximum absolute atomic E-state index is 13.0. The summed E-state index contributed by atoms with van der Waals surface area (Å²) in [6.07, 6.45) is 0. The van der Waals surface area contributed by atoms with E-state index < -0.39 is 0 Å². The third kappa shape index (κ3) is 3.35. The van der Waals surface area contributed by atoms with Crippen molar-refractivity contribution in [2.45, 2.75) is 32.4 Å². The molecule has 7 nitrogen and oxygen atoms in total. The van der Waals surface area contributed by atoms with Crippen LogP contribution in [0, 0.1) is 0 Å². The summed E-state index contributed by atoms with van der Waals surface area (Å²) in [6, 6.07) is 1.56. The van der Waals surface area contributed by atoms with Crippen LogP contribution in [0.4, 0.5) is 0 Å². The number of methoxy groups -OCH3 is 1. The van der Waals surface area contributed by atoms with Crippen molar-refractivity contribution in [2.75, 3.05) is 26.9 Å². The molecule has 0 saturated carbocycles. The van der Waals surface area contributed by atoms with Crippen molar-refractivity contribution in [1.29, 1.82) is 0 Å². The van der Waals surface area contributed by atoms with Gasteiger partial charge in [-0.15, -0.1) is 21.5 Å². The number of hydrogen-bond donors (Lipinski definition) is 0. The molecule has 0 N–H and O–H groups in total. The van der Waals surface area contributed by atoms with Gasteiger partial charge in [0.15, 0.2) is 0 Å². The lowest BCUT2D eigenvalue weighted by atomic mass is 10.2. The van der Waals surface area contributed by atoms with Gasteiger partial charge < -0.3 is 18.8 Å². The Morgan fingerprint density at radius 3 is 3.04 bits per heavy atom. The molecule has 24 heavy (non-hydrogen) atoms. The first-order chi connectivity index (χ1) is 11.6. The second-order valence-electron chi connectivity index (χ2n) is 5.93. The summed E-state index contributed by atoms with van der Waals surface area (Å²) in [5.41, 5.74) is 0.895. The molecular formula is C16H21N3O4S. The van der Waals surface area contributed by atoms with E-state index in [0.29, 0.717) is 43.0 Å². The zero-order valence-corrected chi connectivity index (χ0v) is 14.8. The first-order valence-electron chi connectivity index (χ1n) is 7.89. The first kappa shape index (κ1) is 17.1. The predicted octanol–water partition coefficient (Wildman–Crippen LogP) is 2.61. The van der Waals surface area contributed by atoms with Crippen LogP contribution in [-0.4, -0.2) is 47.9 Å². The van der Waals surface area contributed by atoms with Crippen LogP contribution in [0.5, 0.6) is 0 Å². The van der Waals surface area contributed by atoms with E-state index in [-0.39, 0.29) is 17.9 Å². The molecule has 0 aliphatic carbocycles. The Morgan fingerprint density at radius 1 is 1.50 bits per heavy atom. The second-order valence-corrected chi connectivity index (χ2v) is 6.85. The smallest absolute Gasteiger partial charge is 0.265 e. The van der Waals surface area contributed by atoms with Gasteiger partial charge in [-0.1, -0.05) is 13.8 Å². The van der Waals surface area contributed by atoms with Gasteiger partial charge in [0, 0.05) is 25.1 Å². The van der Waals surface area contributed by atoms with E-state index >= 15 is 0 Å². The Labute approximate surface area is 144 Å². The van der Waals surface area contributed by atoms with E-state index in [1.807, 2.05) is 25.3 Å². The third-order valence-corrected chi connectivity index (χ3v) is 4.81. The van der Waals surface area contributed by atoms with Crippen molar-refractivity contribution in [3.05, 3.63) is 33.7 Å². The lowest BCUT2D eigenvalue weighted by Gasteiger charge is -2.33. The minimum atomic E-state index is -0.358. The maximum Gasteiger partial charge on any atom is 0.265 e. The molecule has 0 aromatic carbocycles. The Hall–Kier alpha value is -1.77. The van der Waals surface area contributed by atoms with Gasteiger partial charge in [0.25, 0.3) is 5.91 Å². The maximum atomic E-state index is 13.0. The number of morpholine rings is 1. The number of hydrogen-bond acceptors (Lipinski definition) is 7. The van der Waals surface area contributed by atoms with E-state index in [0.717, 1.165) is 5.56 Å². The van der Waals surface area contributed by atoms with E-state index in [9.17, 15) is 4.79 Å². The highest BCUT2D eigenvalue weighted by atomic mass is 32.1. The van der Waals surface area contributed by atoms with Crippen LogP contribution < -0.4 is 0 Å². The SMILES string of the molecule is COCc1ccsc1C(=O)N1CCOCC1c1nnc(C(C)C)o1. The molecule has 3 heterocycles. The molecule has 1 aliphatic heterocycles. The first-order valence-corrected chi connectivity index (χ1v) is 8.77. The molecule has 130 valence electrons. The van der Waals surface area contributed by atoms with Crippen LogP contribution >= 0.6 is 11.3 Å². The molecule has 3 rings (SSSR count). The summed E-state index contributed by atoms with van der Waals surface area (Å²) >= 11 is 1.42. The van der Waals surface area contributed by atoms with E-state index in [4.69, 9.17) is 13.9 Å². The summed E-state index contributed by atoms with van der Waals surface area (Å²) in [7, 11) is 1.62. The van der Waals surface area contributed by atoms with Crippen LogP contribution in [0.1, 0.15) is 52.8 Å². The molecule has 8 heteroatoms. The number of carbonyl (C=O) groups is 1. The van der Waals surface area contributed by atoms with Crippen LogP contribution in [0.25, 0.3) is 0 Å². The number of ether oxygens (including phenoxy) is 2. The van der Waals surface area contributed by atoms with Gasteiger partial charge in [0.1, 0.15) is 6.04 Å². The number of rotatable bonds is 5. The monoisotopic (exact) mass is 351 g/mol. The predicted molar refractivity (Wildman–Crippen MR) is 88.0 cm³/mol. The van der Waals surface area contributed by atoms with Gasteiger partial charge in [0.2, 0.25) is 11.8 Å². The quantitative estimate of drug-likeness (QED) is 0.824. The van der Waals surface area contributed by atoms with Gasteiger partial charge >= 0.3 is 0 Å². The fraction of sp³-hybridized carbons (Fsp3) is 0.562. The van der Waals surface area contributed by atoms with E-state index in [2.05, 4.69) is 10.2 Å². The molecule has 2 aromatic heterocycles. The van der Waals surface area contributed by atoms with Crippen LogP contribution in [0.15, 0.2) is 15.9 Å². The van der Waals surface area contributed by atoms with Gasteiger partial charge in [0.05, 0.1) is 24.7 Å². The lowest BCUT2D eigenvalue weighted by molar-refractivity contribution is -0.0106. The molecule has 0 spiro atoms. The van der Waals surface area contributed by atoms with Gasteiger partial charge in [-0.25, -0.2) is 0 Å². The molecule has 1 atom stereocenters. The minimum absolute atomic E-state index is 0.0466. The van der Waals surface area contributed by atoms with Gasteiger partial charge in [-0.2, -0.15) is 0 Å². The fourth-order valence-corrected chi connectivity index (χ4v) is 3.45. The van der Waals surface area contributed by atoms with Crippen molar-refractivity contribution in [3.8, 4) is 0 Å². The molecule has 1 saturated heterocycles. The molecular weight excluding hydrogens is 330 g/mol. The summed E-state index contributed by atoms with van der Waals surface area (Å²) in [6.45, 7) is 5.74. The summed E-state index contributed by atoms with van der Waals surface area (Å²) in [5.74, 6) is 1.09. The van der Waals surface area contributed by atoms with Crippen LogP contribution in [0.2, 0.25) is 0 Å². The van der Waals surface area contributed by atoms with Gasteiger partial charge in [-0.3, -0.25) is 4.79 Å². The topological polar surface area (TPSA) is 77.7 Å². The van der Waals surface area contributed by atoms with Crippen molar-refractivity contribution in [2.24, 2.45) is 0 Å². The van der Waals surface area contributed by atoms with Crippen LogP contribution in [0.3, 0.4) is 0 Å². The number of nitrogens with zero attached hydrogens (tertiary/aromatic N) is 3. The number of carbonyl (C=O) groups excluding carboxylic acids is 1. The second kappa shape index (κ2) is 7.42. The van der Waals surface area contributed by atoms with Crippen molar-refractivity contribution in [3.63, 3.8) is 0 Å². The summed E-state index contributed by atoms with van der Waals surface area (Å²) in [4.78, 5) is 15.5. The standard InChI is InChI=1S/C16H21N3O4S/c1-10(2)14-17-18-15(23-14)12-9-22-6-5-19(12)16(20)13-11(8-21-3)4-7-24-13/h4,7,10,12H,5-6,8-9H2,1-3H3. The number of amides is 1. The molecule has 0 radical (unpaired) electrons. The zero-order chi connectivity index (χ0) is 17.1. The zero-order valence-electron chi connectivity index (χ0n) is 14.0.